The fraction of sp³-hybridized carbons (Fsp3) is 0.350. The van der Waals surface area contributed by atoms with E-state index in [9.17, 15) is 4.79 Å². The van der Waals surface area contributed by atoms with Crippen LogP contribution in [0.3, 0.4) is 0 Å². The summed E-state index contributed by atoms with van der Waals surface area (Å²) >= 11 is 1.53. The van der Waals surface area contributed by atoms with E-state index >= 15 is 0 Å². The number of fused-ring (bicyclic) bond motifs is 1. The first-order valence-electron chi connectivity index (χ1n) is 8.92. The van der Waals surface area contributed by atoms with Gasteiger partial charge in [0.2, 0.25) is 0 Å². The number of pyridine rings is 1. The SMILES string of the molecule is Cc1nc(C2CCCN(C)C2)sc1C(=O)Nc1cnc2ccccc2c1. The molecular weight excluding hydrogens is 344 g/mol. The van der Waals surface area contributed by atoms with Crippen molar-refractivity contribution in [1.29, 1.82) is 0 Å². The van der Waals surface area contributed by atoms with Gasteiger partial charge in [0, 0.05) is 17.8 Å². The minimum atomic E-state index is -0.104. The van der Waals surface area contributed by atoms with Crippen molar-refractivity contribution in [3.05, 3.63) is 52.1 Å². The molecule has 6 heteroatoms. The van der Waals surface area contributed by atoms with E-state index in [0.717, 1.165) is 41.1 Å². The number of carbonyl (C=O) groups excluding carboxylic acids is 1. The molecule has 2 aromatic heterocycles. The Kier molecular flexibility index (Phi) is 4.70. The van der Waals surface area contributed by atoms with Gasteiger partial charge in [-0.25, -0.2) is 4.98 Å². The van der Waals surface area contributed by atoms with Crippen LogP contribution in [0.1, 0.15) is 39.1 Å². The van der Waals surface area contributed by atoms with Crippen LogP contribution in [0.5, 0.6) is 0 Å². The second kappa shape index (κ2) is 7.13. The van der Waals surface area contributed by atoms with Crippen molar-refractivity contribution < 1.29 is 4.79 Å². The van der Waals surface area contributed by atoms with Gasteiger partial charge in [0.05, 0.1) is 28.1 Å². The van der Waals surface area contributed by atoms with Crippen molar-refractivity contribution in [2.45, 2.75) is 25.7 Å². The molecule has 0 bridgehead atoms. The van der Waals surface area contributed by atoms with Crippen LogP contribution in [-0.2, 0) is 0 Å². The number of aromatic nitrogens is 2. The molecule has 134 valence electrons. The molecule has 26 heavy (non-hydrogen) atoms. The number of hydrogen-bond donors (Lipinski definition) is 1. The van der Waals surface area contributed by atoms with E-state index in [2.05, 4.69) is 22.2 Å². The maximum absolute atomic E-state index is 12.8. The van der Waals surface area contributed by atoms with Gasteiger partial charge in [0.15, 0.2) is 0 Å². The summed E-state index contributed by atoms with van der Waals surface area (Å²) in [6, 6.07) is 9.83. The summed E-state index contributed by atoms with van der Waals surface area (Å²) in [6.07, 6.45) is 4.03. The number of piperidine rings is 1. The molecule has 4 rings (SSSR count). The minimum Gasteiger partial charge on any atom is -0.320 e. The zero-order chi connectivity index (χ0) is 18.1. The van der Waals surface area contributed by atoms with E-state index in [1.807, 2.05) is 37.3 Å². The van der Waals surface area contributed by atoms with Crippen LogP contribution in [0.25, 0.3) is 10.9 Å². The molecule has 1 atom stereocenters. The van der Waals surface area contributed by atoms with E-state index in [1.165, 1.54) is 17.8 Å². The first-order chi connectivity index (χ1) is 12.6. The summed E-state index contributed by atoms with van der Waals surface area (Å²) < 4.78 is 0. The van der Waals surface area contributed by atoms with Gasteiger partial charge >= 0.3 is 0 Å². The molecule has 1 amide bonds. The zero-order valence-corrected chi connectivity index (χ0v) is 15.8. The monoisotopic (exact) mass is 366 g/mol. The topological polar surface area (TPSA) is 58.1 Å². The van der Waals surface area contributed by atoms with E-state index in [-0.39, 0.29) is 5.91 Å². The van der Waals surface area contributed by atoms with Crippen molar-refractivity contribution in [3.8, 4) is 0 Å². The second-order valence-electron chi connectivity index (χ2n) is 6.94. The molecule has 1 N–H and O–H groups in total. The average Bonchev–Trinajstić information content (AvgIpc) is 3.03. The predicted molar refractivity (Wildman–Crippen MR) is 106 cm³/mol. The Balaban J connectivity index is 1.54. The van der Waals surface area contributed by atoms with Crippen LogP contribution in [0, 0.1) is 6.92 Å². The first-order valence-corrected chi connectivity index (χ1v) is 9.74. The summed E-state index contributed by atoms with van der Waals surface area (Å²) in [5.74, 6) is 0.328. The number of thiazole rings is 1. The third-order valence-corrected chi connectivity index (χ3v) is 6.16. The van der Waals surface area contributed by atoms with E-state index in [1.54, 1.807) is 6.20 Å². The van der Waals surface area contributed by atoms with Crippen molar-refractivity contribution in [1.82, 2.24) is 14.9 Å². The van der Waals surface area contributed by atoms with Crippen LogP contribution in [-0.4, -0.2) is 40.9 Å². The summed E-state index contributed by atoms with van der Waals surface area (Å²) in [5, 5.41) is 5.07. The van der Waals surface area contributed by atoms with E-state index in [4.69, 9.17) is 4.98 Å². The molecule has 0 radical (unpaired) electrons. The molecule has 1 aliphatic rings. The quantitative estimate of drug-likeness (QED) is 0.759. The number of rotatable bonds is 3. The van der Waals surface area contributed by atoms with Crippen molar-refractivity contribution in [2.24, 2.45) is 0 Å². The third-order valence-electron chi connectivity index (χ3n) is 4.84. The minimum absolute atomic E-state index is 0.104. The molecule has 1 aromatic carbocycles. The molecule has 1 aliphatic heterocycles. The number of nitrogens with zero attached hydrogens (tertiary/aromatic N) is 3. The normalized spacial score (nSPS) is 18.2. The van der Waals surface area contributed by atoms with Gasteiger partial charge < -0.3 is 10.2 Å². The highest BCUT2D eigenvalue weighted by atomic mass is 32.1. The predicted octanol–water partition coefficient (Wildman–Crippen LogP) is 4.06. The van der Waals surface area contributed by atoms with E-state index in [0.29, 0.717) is 16.5 Å². The maximum atomic E-state index is 12.8. The van der Waals surface area contributed by atoms with Crippen molar-refractivity contribution in [2.75, 3.05) is 25.5 Å². The fourth-order valence-electron chi connectivity index (χ4n) is 3.50. The molecular formula is C20H22N4OS. The Morgan fingerprint density at radius 1 is 1.35 bits per heavy atom. The van der Waals surface area contributed by atoms with Crippen molar-refractivity contribution in [3.63, 3.8) is 0 Å². The Bertz CT molecular complexity index is 952. The Morgan fingerprint density at radius 3 is 3.04 bits per heavy atom. The Labute approximate surface area is 157 Å². The van der Waals surface area contributed by atoms with Gasteiger partial charge in [0.25, 0.3) is 5.91 Å². The number of carbonyl (C=O) groups is 1. The summed E-state index contributed by atoms with van der Waals surface area (Å²) in [6.45, 7) is 4.08. The largest absolute Gasteiger partial charge is 0.320 e. The molecule has 3 aromatic rings. The summed E-state index contributed by atoms with van der Waals surface area (Å²) in [4.78, 5) is 24.9. The highest BCUT2D eigenvalue weighted by molar-refractivity contribution is 7.14. The van der Waals surface area contributed by atoms with E-state index < -0.39 is 0 Å². The maximum Gasteiger partial charge on any atom is 0.267 e. The average molecular weight is 366 g/mol. The summed E-state index contributed by atoms with van der Waals surface area (Å²) in [7, 11) is 2.15. The molecule has 1 saturated heterocycles. The van der Waals surface area contributed by atoms with Gasteiger partial charge in [-0.1, -0.05) is 18.2 Å². The van der Waals surface area contributed by atoms with Gasteiger partial charge in [0.1, 0.15) is 4.88 Å². The molecule has 0 spiro atoms. The highest BCUT2D eigenvalue weighted by Gasteiger charge is 2.24. The van der Waals surface area contributed by atoms with Crippen LogP contribution in [0.2, 0.25) is 0 Å². The Hall–Kier alpha value is -2.31. The number of benzene rings is 1. The number of anilines is 1. The number of para-hydroxylation sites is 1. The van der Waals surface area contributed by atoms with Crippen molar-refractivity contribution >= 4 is 33.8 Å². The van der Waals surface area contributed by atoms with Crippen LogP contribution < -0.4 is 5.32 Å². The summed E-state index contributed by atoms with van der Waals surface area (Å²) in [5.41, 5.74) is 2.44. The Morgan fingerprint density at radius 2 is 2.19 bits per heavy atom. The van der Waals surface area contributed by atoms with Gasteiger partial charge in [-0.05, 0) is 45.5 Å². The van der Waals surface area contributed by atoms with Crippen LogP contribution >= 0.6 is 11.3 Å². The first kappa shape index (κ1) is 17.1. The van der Waals surface area contributed by atoms with Crippen LogP contribution in [0.4, 0.5) is 5.69 Å². The smallest absolute Gasteiger partial charge is 0.267 e. The van der Waals surface area contributed by atoms with Crippen LogP contribution in [0.15, 0.2) is 36.5 Å². The lowest BCUT2D eigenvalue weighted by Gasteiger charge is -2.28. The zero-order valence-electron chi connectivity index (χ0n) is 15.0. The standard InChI is InChI=1S/C20H22N4OS/c1-13-18(26-20(22-13)15-7-5-9-24(2)12-15)19(25)23-16-10-14-6-3-4-8-17(14)21-11-16/h3-4,6,8,10-11,15H,5,7,9,12H2,1-2H3,(H,23,25). The molecule has 0 aliphatic carbocycles. The lowest BCUT2D eigenvalue weighted by molar-refractivity contribution is 0.103. The van der Waals surface area contributed by atoms with Gasteiger partial charge in [-0.15, -0.1) is 11.3 Å². The number of aryl methyl sites for hydroxylation is 1. The number of likely N-dealkylation sites (tertiary alicyclic amines) is 1. The van der Waals surface area contributed by atoms with Gasteiger partial charge in [-0.2, -0.15) is 0 Å². The molecule has 0 saturated carbocycles. The lowest BCUT2D eigenvalue weighted by Crippen LogP contribution is -2.30. The third kappa shape index (κ3) is 3.48. The second-order valence-corrected chi connectivity index (χ2v) is 7.97. The molecule has 1 unspecified atom stereocenters. The molecule has 3 heterocycles. The lowest BCUT2D eigenvalue weighted by atomic mass is 9.99. The van der Waals surface area contributed by atoms with Gasteiger partial charge in [-0.3, -0.25) is 9.78 Å². The fourth-order valence-corrected chi connectivity index (χ4v) is 4.59. The number of likely N-dealkylation sites (N-methyl/N-ethyl adjacent to an activating group) is 1. The number of amides is 1. The highest BCUT2D eigenvalue weighted by Crippen LogP contribution is 2.31. The molecule has 1 fully saturated rings. The number of hydrogen-bond acceptors (Lipinski definition) is 5. The molecule has 5 nitrogen and oxygen atoms in total. The number of nitrogens with one attached hydrogen (secondary N) is 1.